The van der Waals surface area contributed by atoms with Crippen LogP contribution in [0.25, 0.3) is 0 Å². The average molecular weight is 309 g/mol. The second kappa shape index (κ2) is 7.21. The van der Waals surface area contributed by atoms with Gasteiger partial charge in [0.25, 0.3) is 0 Å². The van der Waals surface area contributed by atoms with E-state index in [1.54, 1.807) is 0 Å². The highest BCUT2D eigenvalue weighted by atomic mass is 16.4. The molecule has 118 valence electrons. The third-order valence-corrected chi connectivity index (χ3v) is 2.87. The Balaban J connectivity index is 3.38. The van der Waals surface area contributed by atoms with Crippen LogP contribution < -0.4 is 5.32 Å². The topological polar surface area (TPSA) is 141 Å². The SMILES string of the molecule is CCCCC(=O)Nc1c(C(=O)O)cc(C(=O)O)cc1C(=O)O. The van der Waals surface area contributed by atoms with Crippen molar-refractivity contribution in [3.05, 3.63) is 28.8 Å². The maximum Gasteiger partial charge on any atom is 0.337 e. The van der Waals surface area contributed by atoms with Crippen LogP contribution in [0.3, 0.4) is 0 Å². The van der Waals surface area contributed by atoms with Crippen LogP contribution in [0.15, 0.2) is 12.1 Å². The molecule has 0 saturated heterocycles. The van der Waals surface area contributed by atoms with Gasteiger partial charge in [0, 0.05) is 6.42 Å². The molecule has 8 nitrogen and oxygen atoms in total. The molecule has 0 aliphatic rings. The van der Waals surface area contributed by atoms with Gasteiger partial charge in [-0.25, -0.2) is 14.4 Å². The van der Waals surface area contributed by atoms with Crippen molar-refractivity contribution in [1.82, 2.24) is 0 Å². The predicted octanol–water partition coefficient (Wildman–Crippen LogP) is 1.91. The van der Waals surface area contributed by atoms with E-state index >= 15 is 0 Å². The molecule has 1 aromatic rings. The summed E-state index contributed by atoms with van der Waals surface area (Å²) in [5, 5.41) is 29.4. The van der Waals surface area contributed by atoms with Gasteiger partial charge in [-0.05, 0) is 18.6 Å². The number of carbonyl (C=O) groups is 4. The van der Waals surface area contributed by atoms with Crippen LogP contribution in [0.2, 0.25) is 0 Å². The van der Waals surface area contributed by atoms with Crippen LogP contribution in [-0.4, -0.2) is 39.1 Å². The molecule has 0 unspecified atom stereocenters. The van der Waals surface area contributed by atoms with Gasteiger partial charge in [-0.3, -0.25) is 4.79 Å². The lowest BCUT2D eigenvalue weighted by Crippen LogP contribution is -2.19. The number of unbranched alkanes of at least 4 members (excludes halogenated alkanes) is 1. The van der Waals surface area contributed by atoms with E-state index in [0.29, 0.717) is 6.42 Å². The number of aromatic carboxylic acids is 3. The Morgan fingerprint density at radius 1 is 0.955 bits per heavy atom. The lowest BCUT2D eigenvalue weighted by molar-refractivity contribution is -0.116. The summed E-state index contributed by atoms with van der Waals surface area (Å²) in [4.78, 5) is 45.1. The highest BCUT2D eigenvalue weighted by molar-refractivity contribution is 6.10. The fraction of sp³-hybridized carbons (Fsp3) is 0.286. The second-order valence-corrected chi connectivity index (χ2v) is 4.51. The summed E-state index contributed by atoms with van der Waals surface area (Å²) < 4.78 is 0. The van der Waals surface area contributed by atoms with Crippen LogP contribution in [0.5, 0.6) is 0 Å². The minimum Gasteiger partial charge on any atom is -0.478 e. The van der Waals surface area contributed by atoms with Gasteiger partial charge in [-0.1, -0.05) is 13.3 Å². The smallest absolute Gasteiger partial charge is 0.337 e. The summed E-state index contributed by atoms with van der Waals surface area (Å²) in [6.45, 7) is 1.86. The number of carboxylic acids is 3. The van der Waals surface area contributed by atoms with Crippen LogP contribution in [0.4, 0.5) is 5.69 Å². The summed E-state index contributed by atoms with van der Waals surface area (Å²) in [5.74, 6) is -5.06. The molecule has 0 aliphatic heterocycles. The summed E-state index contributed by atoms with van der Waals surface area (Å²) in [5.41, 5.74) is -2.06. The van der Waals surface area contributed by atoms with Crippen molar-refractivity contribution in [3.63, 3.8) is 0 Å². The quantitative estimate of drug-likeness (QED) is 0.602. The minimum atomic E-state index is -1.53. The molecule has 0 saturated carbocycles. The first kappa shape index (κ1) is 17.2. The predicted molar refractivity (Wildman–Crippen MR) is 75.5 cm³/mol. The fourth-order valence-electron chi connectivity index (χ4n) is 1.78. The van der Waals surface area contributed by atoms with Crippen molar-refractivity contribution in [1.29, 1.82) is 0 Å². The molecule has 1 amide bonds. The zero-order chi connectivity index (χ0) is 16.9. The molecule has 0 bridgehead atoms. The van der Waals surface area contributed by atoms with Gasteiger partial charge in [0.05, 0.1) is 22.4 Å². The molecule has 0 heterocycles. The summed E-state index contributed by atoms with van der Waals surface area (Å²) in [7, 11) is 0. The number of hydrogen-bond acceptors (Lipinski definition) is 4. The first-order valence-electron chi connectivity index (χ1n) is 6.45. The highest BCUT2D eigenvalue weighted by Crippen LogP contribution is 2.25. The van der Waals surface area contributed by atoms with Gasteiger partial charge >= 0.3 is 17.9 Å². The monoisotopic (exact) mass is 309 g/mol. The highest BCUT2D eigenvalue weighted by Gasteiger charge is 2.23. The Hall–Kier alpha value is -2.90. The normalized spacial score (nSPS) is 10.0. The van der Waals surface area contributed by atoms with E-state index < -0.39 is 46.2 Å². The molecule has 1 aromatic carbocycles. The number of anilines is 1. The molecule has 22 heavy (non-hydrogen) atoms. The van der Waals surface area contributed by atoms with Gasteiger partial charge in [-0.15, -0.1) is 0 Å². The van der Waals surface area contributed by atoms with E-state index in [-0.39, 0.29) is 6.42 Å². The number of amides is 1. The van der Waals surface area contributed by atoms with Crippen molar-refractivity contribution in [2.24, 2.45) is 0 Å². The minimum absolute atomic E-state index is 0.106. The lowest BCUT2D eigenvalue weighted by atomic mass is 10.0. The maximum atomic E-state index is 11.7. The van der Waals surface area contributed by atoms with Crippen LogP contribution in [-0.2, 0) is 4.79 Å². The van der Waals surface area contributed by atoms with Crippen molar-refractivity contribution >= 4 is 29.5 Å². The summed E-state index contributed by atoms with van der Waals surface area (Å²) in [6.07, 6.45) is 1.40. The second-order valence-electron chi connectivity index (χ2n) is 4.51. The van der Waals surface area contributed by atoms with Gasteiger partial charge in [0.1, 0.15) is 0 Å². The Bertz CT molecular complexity index is 601. The van der Waals surface area contributed by atoms with Gasteiger partial charge < -0.3 is 20.6 Å². The molecule has 0 aliphatic carbocycles. The zero-order valence-corrected chi connectivity index (χ0v) is 11.8. The summed E-state index contributed by atoms with van der Waals surface area (Å²) in [6, 6.07) is 1.62. The zero-order valence-electron chi connectivity index (χ0n) is 11.8. The maximum absolute atomic E-state index is 11.7. The molecular formula is C14H15NO7. The first-order valence-corrected chi connectivity index (χ1v) is 6.45. The molecule has 0 radical (unpaired) electrons. The van der Waals surface area contributed by atoms with E-state index in [2.05, 4.69) is 5.32 Å². The van der Waals surface area contributed by atoms with Crippen molar-refractivity contribution < 1.29 is 34.5 Å². The largest absolute Gasteiger partial charge is 0.478 e. The number of hydrogen-bond donors (Lipinski definition) is 4. The Labute approximate surface area is 125 Å². The number of rotatable bonds is 7. The number of carbonyl (C=O) groups excluding carboxylic acids is 1. The third kappa shape index (κ3) is 4.05. The number of benzene rings is 1. The van der Waals surface area contributed by atoms with Crippen molar-refractivity contribution in [2.75, 3.05) is 5.32 Å². The lowest BCUT2D eigenvalue weighted by Gasteiger charge is -2.12. The van der Waals surface area contributed by atoms with E-state index in [4.69, 9.17) is 15.3 Å². The standard InChI is InChI=1S/C14H15NO7/c1-2-3-4-10(16)15-11-8(13(19)20)5-7(12(17)18)6-9(11)14(21)22/h5-6H,2-4H2,1H3,(H,15,16)(H,17,18)(H,19,20)(H,21,22). The molecule has 8 heteroatoms. The molecule has 1 rings (SSSR count). The molecular weight excluding hydrogens is 294 g/mol. The molecule has 0 fully saturated rings. The fourth-order valence-corrected chi connectivity index (χ4v) is 1.78. The van der Waals surface area contributed by atoms with Crippen LogP contribution >= 0.6 is 0 Å². The van der Waals surface area contributed by atoms with Crippen LogP contribution in [0, 0.1) is 0 Å². The number of carboxylic acid groups (broad SMARTS) is 3. The Morgan fingerprint density at radius 2 is 1.45 bits per heavy atom. The average Bonchev–Trinajstić information content (AvgIpc) is 2.44. The molecule has 4 N–H and O–H groups in total. The van der Waals surface area contributed by atoms with E-state index in [1.807, 2.05) is 6.92 Å². The number of nitrogens with one attached hydrogen (secondary N) is 1. The molecule has 0 spiro atoms. The van der Waals surface area contributed by atoms with E-state index in [0.717, 1.165) is 18.6 Å². The third-order valence-electron chi connectivity index (χ3n) is 2.87. The van der Waals surface area contributed by atoms with Gasteiger partial charge in [-0.2, -0.15) is 0 Å². The first-order chi connectivity index (χ1) is 10.3. The molecule has 0 atom stereocenters. The molecule has 0 aromatic heterocycles. The van der Waals surface area contributed by atoms with Crippen molar-refractivity contribution in [3.8, 4) is 0 Å². The van der Waals surface area contributed by atoms with Crippen LogP contribution in [0.1, 0.15) is 57.3 Å². The summed E-state index contributed by atoms with van der Waals surface area (Å²) >= 11 is 0. The van der Waals surface area contributed by atoms with Crippen molar-refractivity contribution in [2.45, 2.75) is 26.2 Å². The van der Waals surface area contributed by atoms with E-state index in [1.165, 1.54) is 0 Å². The van der Waals surface area contributed by atoms with Gasteiger partial charge in [0.15, 0.2) is 0 Å². The van der Waals surface area contributed by atoms with E-state index in [9.17, 15) is 19.2 Å². The van der Waals surface area contributed by atoms with Gasteiger partial charge in [0.2, 0.25) is 5.91 Å². The Kier molecular flexibility index (Phi) is 5.62. The Morgan fingerprint density at radius 3 is 1.82 bits per heavy atom.